The van der Waals surface area contributed by atoms with Crippen molar-refractivity contribution in [3.63, 3.8) is 0 Å². The molecule has 0 aromatic heterocycles. The quantitative estimate of drug-likeness (QED) is 0.873. The van der Waals surface area contributed by atoms with E-state index in [9.17, 15) is 9.59 Å². The molecule has 2 aromatic carbocycles. The molecule has 1 heterocycles. The first kappa shape index (κ1) is 17.5. The zero-order valence-corrected chi connectivity index (χ0v) is 14.9. The normalized spacial score (nSPS) is 17.2. The lowest BCUT2D eigenvalue weighted by Gasteiger charge is -2.33. The number of rotatable bonds is 3. The van der Waals surface area contributed by atoms with Gasteiger partial charge in [-0.05, 0) is 62.6 Å². The maximum atomic E-state index is 13.0. The minimum atomic E-state index is -0.261. The fourth-order valence-electron chi connectivity index (χ4n) is 3.13. The number of benzene rings is 2. The Labute approximate surface area is 152 Å². The molecule has 2 amide bonds. The molecular weight excluding hydrogens is 336 g/mol. The Morgan fingerprint density at radius 3 is 2.52 bits per heavy atom. The van der Waals surface area contributed by atoms with E-state index in [0.29, 0.717) is 21.8 Å². The molecule has 0 saturated carbocycles. The molecule has 4 nitrogen and oxygen atoms in total. The molecule has 2 aromatic rings. The van der Waals surface area contributed by atoms with Crippen LogP contribution in [0.4, 0.5) is 5.69 Å². The van der Waals surface area contributed by atoms with Gasteiger partial charge in [0, 0.05) is 23.2 Å². The lowest BCUT2D eigenvalue weighted by atomic mass is 10.0. The van der Waals surface area contributed by atoms with Crippen molar-refractivity contribution in [2.24, 2.45) is 0 Å². The molecule has 0 aliphatic carbocycles. The number of nitrogens with zero attached hydrogens (tertiary/aromatic N) is 1. The van der Waals surface area contributed by atoms with E-state index in [1.165, 1.54) is 0 Å². The van der Waals surface area contributed by atoms with Gasteiger partial charge in [0.15, 0.2) is 0 Å². The number of anilines is 1. The fourth-order valence-corrected chi connectivity index (χ4v) is 3.25. The van der Waals surface area contributed by atoms with Crippen LogP contribution in [0, 0.1) is 0 Å². The van der Waals surface area contributed by atoms with E-state index in [1.807, 2.05) is 17.0 Å². The van der Waals surface area contributed by atoms with Crippen LogP contribution in [-0.4, -0.2) is 29.3 Å². The molecular formula is C20H21ClN2O2. The van der Waals surface area contributed by atoms with Crippen molar-refractivity contribution in [3.05, 3.63) is 64.7 Å². The van der Waals surface area contributed by atoms with Crippen molar-refractivity contribution in [2.75, 3.05) is 11.9 Å². The SMILES string of the molecule is C[C@H]1CCCCN1C(=O)c1ccccc1NC(=O)c1ccc(Cl)cc1. The molecule has 0 unspecified atom stereocenters. The van der Waals surface area contributed by atoms with Gasteiger partial charge in [0.25, 0.3) is 11.8 Å². The van der Waals surface area contributed by atoms with Crippen LogP contribution in [0.1, 0.15) is 46.9 Å². The van der Waals surface area contributed by atoms with Crippen LogP contribution in [0.5, 0.6) is 0 Å². The van der Waals surface area contributed by atoms with E-state index in [0.717, 1.165) is 25.8 Å². The van der Waals surface area contributed by atoms with Gasteiger partial charge in [-0.3, -0.25) is 9.59 Å². The van der Waals surface area contributed by atoms with E-state index in [-0.39, 0.29) is 17.9 Å². The Kier molecular flexibility index (Phi) is 5.39. The maximum Gasteiger partial charge on any atom is 0.256 e. The largest absolute Gasteiger partial charge is 0.336 e. The predicted molar refractivity (Wildman–Crippen MR) is 100 cm³/mol. The highest BCUT2D eigenvalue weighted by molar-refractivity contribution is 6.30. The third kappa shape index (κ3) is 4.02. The second-order valence-corrected chi connectivity index (χ2v) is 6.79. The van der Waals surface area contributed by atoms with Crippen molar-refractivity contribution in [3.8, 4) is 0 Å². The van der Waals surface area contributed by atoms with Gasteiger partial charge in [0.05, 0.1) is 11.3 Å². The Hall–Kier alpha value is -2.33. The number of piperidine rings is 1. The van der Waals surface area contributed by atoms with Crippen LogP contribution in [0.25, 0.3) is 0 Å². The minimum absolute atomic E-state index is 0.0285. The molecule has 1 aliphatic rings. The van der Waals surface area contributed by atoms with Crippen LogP contribution in [0.2, 0.25) is 5.02 Å². The minimum Gasteiger partial charge on any atom is -0.336 e. The molecule has 5 heteroatoms. The highest BCUT2D eigenvalue weighted by atomic mass is 35.5. The number of hydrogen-bond donors (Lipinski definition) is 1. The number of nitrogens with one attached hydrogen (secondary N) is 1. The van der Waals surface area contributed by atoms with Crippen molar-refractivity contribution < 1.29 is 9.59 Å². The van der Waals surface area contributed by atoms with E-state index in [2.05, 4.69) is 12.2 Å². The first-order valence-corrected chi connectivity index (χ1v) is 8.91. The molecule has 0 spiro atoms. The maximum absolute atomic E-state index is 13.0. The van der Waals surface area contributed by atoms with Gasteiger partial charge < -0.3 is 10.2 Å². The number of amides is 2. The van der Waals surface area contributed by atoms with Crippen LogP contribution in [-0.2, 0) is 0 Å². The summed E-state index contributed by atoms with van der Waals surface area (Å²) in [6.45, 7) is 2.84. The molecule has 1 atom stereocenters. The van der Waals surface area contributed by atoms with Gasteiger partial charge >= 0.3 is 0 Å². The molecule has 25 heavy (non-hydrogen) atoms. The summed E-state index contributed by atoms with van der Waals surface area (Å²) >= 11 is 5.86. The number of carbonyl (C=O) groups is 2. The zero-order chi connectivity index (χ0) is 17.8. The Morgan fingerprint density at radius 1 is 1.08 bits per heavy atom. The molecule has 3 rings (SSSR count). The summed E-state index contributed by atoms with van der Waals surface area (Å²) < 4.78 is 0. The molecule has 1 saturated heterocycles. The third-order valence-electron chi connectivity index (χ3n) is 4.58. The third-order valence-corrected chi connectivity index (χ3v) is 4.83. The highest BCUT2D eigenvalue weighted by Gasteiger charge is 2.26. The molecule has 130 valence electrons. The van der Waals surface area contributed by atoms with E-state index in [4.69, 9.17) is 11.6 Å². The van der Waals surface area contributed by atoms with E-state index >= 15 is 0 Å². The van der Waals surface area contributed by atoms with Gasteiger partial charge in [-0.25, -0.2) is 0 Å². The van der Waals surface area contributed by atoms with Crippen LogP contribution in [0.3, 0.4) is 0 Å². The molecule has 0 bridgehead atoms. The second-order valence-electron chi connectivity index (χ2n) is 6.35. The number of carbonyl (C=O) groups excluding carboxylic acids is 2. The Bertz CT molecular complexity index is 774. The summed E-state index contributed by atoms with van der Waals surface area (Å²) in [6.07, 6.45) is 3.19. The van der Waals surface area contributed by atoms with Crippen molar-refractivity contribution in [1.29, 1.82) is 0 Å². The number of para-hydroxylation sites is 1. The van der Waals surface area contributed by atoms with E-state index in [1.54, 1.807) is 36.4 Å². The van der Waals surface area contributed by atoms with Crippen molar-refractivity contribution in [1.82, 2.24) is 4.90 Å². The second kappa shape index (κ2) is 7.70. The smallest absolute Gasteiger partial charge is 0.256 e. The number of halogens is 1. The van der Waals surface area contributed by atoms with Gasteiger partial charge in [-0.15, -0.1) is 0 Å². The zero-order valence-electron chi connectivity index (χ0n) is 14.2. The summed E-state index contributed by atoms with van der Waals surface area (Å²) in [4.78, 5) is 27.3. The van der Waals surface area contributed by atoms with Gasteiger partial charge in [0.2, 0.25) is 0 Å². The van der Waals surface area contributed by atoms with Crippen molar-refractivity contribution in [2.45, 2.75) is 32.2 Å². The van der Waals surface area contributed by atoms with Crippen LogP contribution < -0.4 is 5.32 Å². The molecule has 1 aliphatic heterocycles. The predicted octanol–water partition coefficient (Wildman–Crippen LogP) is 4.61. The van der Waals surface area contributed by atoms with Gasteiger partial charge in [0.1, 0.15) is 0 Å². The summed E-state index contributed by atoms with van der Waals surface area (Å²) in [7, 11) is 0. The summed E-state index contributed by atoms with van der Waals surface area (Å²) in [6, 6.07) is 14.0. The molecule has 1 N–H and O–H groups in total. The highest BCUT2D eigenvalue weighted by Crippen LogP contribution is 2.23. The van der Waals surface area contributed by atoms with Crippen LogP contribution in [0.15, 0.2) is 48.5 Å². The Morgan fingerprint density at radius 2 is 1.80 bits per heavy atom. The van der Waals surface area contributed by atoms with Crippen LogP contribution >= 0.6 is 11.6 Å². The average Bonchev–Trinajstić information content (AvgIpc) is 2.62. The van der Waals surface area contributed by atoms with E-state index < -0.39 is 0 Å². The summed E-state index contributed by atoms with van der Waals surface area (Å²) in [5.41, 5.74) is 1.56. The number of hydrogen-bond acceptors (Lipinski definition) is 2. The average molecular weight is 357 g/mol. The Balaban J connectivity index is 1.82. The number of likely N-dealkylation sites (tertiary alicyclic amines) is 1. The first-order chi connectivity index (χ1) is 12.1. The lowest BCUT2D eigenvalue weighted by Crippen LogP contribution is -2.42. The standard InChI is InChI=1S/C20H21ClN2O2/c1-14-6-4-5-13-23(14)20(25)17-7-2-3-8-18(17)22-19(24)15-9-11-16(21)12-10-15/h2-3,7-12,14H,4-6,13H2,1H3,(H,22,24)/t14-/m0/s1. The summed E-state index contributed by atoms with van der Waals surface area (Å²) in [5.74, 6) is -0.289. The molecule has 1 fully saturated rings. The summed E-state index contributed by atoms with van der Waals surface area (Å²) in [5, 5.41) is 3.43. The van der Waals surface area contributed by atoms with Gasteiger partial charge in [-0.2, -0.15) is 0 Å². The van der Waals surface area contributed by atoms with Gasteiger partial charge in [-0.1, -0.05) is 23.7 Å². The molecule has 0 radical (unpaired) electrons. The van der Waals surface area contributed by atoms with Crippen molar-refractivity contribution >= 4 is 29.1 Å². The topological polar surface area (TPSA) is 49.4 Å². The fraction of sp³-hybridized carbons (Fsp3) is 0.300. The first-order valence-electron chi connectivity index (χ1n) is 8.53. The lowest BCUT2D eigenvalue weighted by molar-refractivity contribution is 0.0636. The monoisotopic (exact) mass is 356 g/mol.